The number of hydrogen-bond acceptors (Lipinski definition) is 6. The zero-order chi connectivity index (χ0) is 20.2. The summed E-state index contributed by atoms with van der Waals surface area (Å²) in [5, 5.41) is 5.69. The van der Waals surface area contributed by atoms with Gasteiger partial charge in [-0.25, -0.2) is 4.68 Å². The molecule has 1 fully saturated rings. The molecule has 3 aromatic rings. The molecule has 0 saturated carbocycles. The van der Waals surface area contributed by atoms with Crippen LogP contribution >= 0.6 is 24.8 Å². The molecular formula is C22H28Cl2N4O3. The van der Waals surface area contributed by atoms with Gasteiger partial charge in [-0.3, -0.25) is 9.69 Å². The molecule has 0 aliphatic carbocycles. The number of methoxy groups -OCH3 is 2. The Morgan fingerprint density at radius 2 is 1.55 bits per heavy atom. The SMILES string of the molecule is COc1cc2cnn(CCN3CCN(c4ccccc4)CC3)c(=O)c2cc1OC.Cl.Cl. The third-order valence-corrected chi connectivity index (χ3v) is 5.48. The standard InChI is InChI=1S/C22H26N4O3.2ClH/c1-28-20-14-17-16-23-26(22(27)19(17)15-21(20)29-2)13-10-24-8-11-25(12-9-24)18-6-4-3-5-7-18;;/h3-7,14-16H,8-13H2,1-2H3;2*1H. The molecule has 0 N–H and O–H groups in total. The van der Waals surface area contributed by atoms with Crippen molar-refractivity contribution >= 4 is 41.3 Å². The van der Waals surface area contributed by atoms with Gasteiger partial charge < -0.3 is 14.4 Å². The van der Waals surface area contributed by atoms with E-state index in [1.165, 1.54) is 10.4 Å². The number of aromatic nitrogens is 2. The van der Waals surface area contributed by atoms with Crippen LogP contribution in [0.1, 0.15) is 0 Å². The lowest BCUT2D eigenvalue weighted by atomic mass is 10.2. The number of para-hydroxylation sites is 1. The summed E-state index contributed by atoms with van der Waals surface area (Å²) >= 11 is 0. The molecule has 0 atom stereocenters. The molecule has 9 heteroatoms. The third-order valence-electron chi connectivity index (χ3n) is 5.48. The zero-order valence-corrected chi connectivity index (χ0v) is 19.3. The molecule has 0 spiro atoms. The van der Waals surface area contributed by atoms with Gasteiger partial charge in [0.25, 0.3) is 5.56 Å². The van der Waals surface area contributed by atoms with Gasteiger partial charge in [-0.1, -0.05) is 18.2 Å². The van der Waals surface area contributed by atoms with Gasteiger partial charge in [0.2, 0.25) is 0 Å². The first-order valence-corrected chi connectivity index (χ1v) is 9.84. The van der Waals surface area contributed by atoms with Gasteiger partial charge in [-0.15, -0.1) is 24.8 Å². The number of fused-ring (bicyclic) bond motifs is 1. The van der Waals surface area contributed by atoms with Crippen LogP contribution < -0.4 is 19.9 Å². The molecule has 1 aliphatic rings. The largest absolute Gasteiger partial charge is 0.493 e. The van der Waals surface area contributed by atoms with Crippen molar-refractivity contribution in [2.45, 2.75) is 6.54 Å². The molecule has 4 rings (SSSR count). The second-order valence-electron chi connectivity index (χ2n) is 7.13. The van der Waals surface area contributed by atoms with Crippen molar-refractivity contribution in [3.63, 3.8) is 0 Å². The molecule has 2 aromatic carbocycles. The van der Waals surface area contributed by atoms with Crippen LogP contribution in [-0.2, 0) is 6.54 Å². The summed E-state index contributed by atoms with van der Waals surface area (Å²) in [5.41, 5.74) is 1.16. The zero-order valence-electron chi connectivity index (χ0n) is 17.7. The molecular weight excluding hydrogens is 439 g/mol. The van der Waals surface area contributed by atoms with Gasteiger partial charge in [0.1, 0.15) is 0 Å². The molecule has 168 valence electrons. The van der Waals surface area contributed by atoms with Gasteiger partial charge in [-0.2, -0.15) is 5.10 Å². The monoisotopic (exact) mass is 466 g/mol. The topological polar surface area (TPSA) is 59.8 Å². The molecule has 1 saturated heterocycles. The minimum absolute atomic E-state index is 0. The van der Waals surface area contributed by atoms with Crippen LogP contribution in [-0.4, -0.2) is 61.6 Å². The van der Waals surface area contributed by atoms with Crippen LogP contribution in [0.2, 0.25) is 0 Å². The van der Waals surface area contributed by atoms with E-state index in [1.807, 2.05) is 6.07 Å². The molecule has 0 unspecified atom stereocenters. The lowest BCUT2D eigenvalue weighted by Crippen LogP contribution is -2.47. The molecule has 0 amide bonds. The fourth-order valence-electron chi connectivity index (χ4n) is 3.77. The molecule has 0 bridgehead atoms. The predicted molar refractivity (Wildman–Crippen MR) is 129 cm³/mol. The second kappa shape index (κ2) is 11.2. The Morgan fingerprint density at radius 3 is 2.19 bits per heavy atom. The number of benzene rings is 2. The lowest BCUT2D eigenvalue weighted by molar-refractivity contribution is 0.243. The molecule has 0 radical (unpaired) electrons. The highest BCUT2D eigenvalue weighted by Gasteiger charge is 2.17. The van der Waals surface area contributed by atoms with Crippen LogP contribution in [0.3, 0.4) is 0 Å². The summed E-state index contributed by atoms with van der Waals surface area (Å²) < 4.78 is 12.2. The number of hydrogen-bond donors (Lipinski definition) is 0. The average Bonchev–Trinajstić information content (AvgIpc) is 2.79. The summed E-state index contributed by atoms with van der Waals surface area (Å²) in [4.78, 5) is 17.7. The van der Waals surface area contributed by atoms with Crippen molar-refractivity contribution in [2.24, 2.45) is 0 Å². The van der Waals surface area contributed by atoms with Crippen molar-refractivity contribution in [1.29, 1.82) is 0 Å². The number of nitrogens with zero attached hydrogens (tertiary/aromatic N) is 4. The maximum atomic E-state index is 12.9. The van der Waals surface area contributed by atoms with Gasteiger partial charge >= 0.3 is 0 Å². The van der Waals surface area contributed by atoms with E-state index in [0.29, 0.717) is 23.4 Å². The van der Waals surface area contributed by atoms with E-state index in [0.717, 1.165) is 38.1 Å². The Kier molecular flexibility index (Phi) is 8.98. The smallest absolute Gasteiger partial charge is 0.274 e. The third kappa shape index (κ3) is 5.42. The van der Waals surface area contributed by atoms with E-state index >= 15 is 0 Å². The van der Waals surface area contributed by atoms with E-state index in [1.54, 1.807) is 32.5 Å². The van der Waals surface area contributed by atoms with E-state index in [4.69, 9.17) is 9.47 Å². The Hall–Kier alpha value is -2.48. The molecule has 1 aliphatic heterocycles. The first-order valence-electron chi connectivity index (χ1n) is 9.84. The maximum absolute atomic E-state index is 12.9. The molecule has 7 nitrogen and oxygen atoms in total. The first kappa shape index (κ1) is 24.8. The summed E-state index contributed by atoms with van der Waals surface area (Å²) in [7, 11) is 3.15. The van der Waals surface area contributed by atoms with Crippen LogP contribution in [0, 0.1) is 0 Å². The fraction of sp³-hybridized carbons (Fsp3) is 0.364. The lowest BCUT2D eigenvalue weighted by Gasteiger charge is -2.36. The predicted octanol–water partition coefficient (Wildman–Crippen LogP) is 3.08. The Labute approximate surface area is 194 Å². The highest BCUT2D eigenvalue weighted by atomic mass is 35.5. The highest BCUT2D eigenvalue weighted by molar-refractivity contribution is 5.86. The number of anilines is 1. The normalized spacial score (nSPS) is 13.9. The van der Waals surface area contributed by atoms with Crippen LogP contribution in [0.15, 0.2) is 53.5 Å². The van der Waals surface area contributed by atoms with Crippen molar-refractivity contribution in [2.75, 3.05) is 51.8 Å². The van der Waals surface area contributed by atoms with E-state index in [2.05, 4.69) is 39.2 Å². The Morgan fingerprint density at radius 1 is 0.903 bits per heavy atom. The van der Waals surface area contributed by atoms with Crippen molar-refractivity contribution in [3.8, 4) is 11.5 Å². The average molecular weight is 467 g/mol. The van der Waals surface area contributed by atoms with Crippen molar-refractivity contribution in [1.82, 2.24) is 14.7 Å². The number of halogens is 2. The van der Waals surface area contributed by atoms with Gasteiger partial charge in [-0.05, 0) is 24.3 Å². The summed E-state index contributed by atoms with van der Waals surface area (Å²) in [5.74, 6) is 1.14. The summed E-state index contributed by atoms with van der Waals surface area (Å²) in [6.07, 6.45) is 1.71. The van der Waals surface area contributed by atoms with Crippen LogP contribution in [0.4, 0.5) is 5.69 Å². The van der Waals surface area contributed by atoms with Crippen molar-refractivity contribution < 1.29 is 9.47 Å². The number of piperazine rings is 1. The highest BCUT2D eigenvalue weighted by Crippen LogP contribution is 2.30. The quantitative estimate of drug-likeness (QED) is 0.556. The first-order chi connectivity index (χ1) is 14.2. The number of rotatable bonds is 6. The van der Waals surface area contributed by atoms with Crippen LogP contribution in [0.25, 0.3) is 10.8 Å². The fourth-order valence-corrected chi connectivity index (χ4v) is 3.77. The molecule has 31 heavy (non-hydrogen) atoms. The van der Waals surface area contributed by atoms with Crippen molar-refractivity contribution in [3.05, 3.63) is 59.0 Å². The minimum atomic E-state index is -0.105. The molecule has 2 heterocycles. The second-order valence-corrected chi connectivity index (χ2v) is 7.13. The molecule has 1 aromatic heterocycles. The van der Waals surface area contributed by atoms with E-state index in [-0.39, 0.29) is 30.4 Å². The Bertz CT molecular complexity index is 1040. The van der Waals surface area contributed by atoms with E-state index < -0.39 is 0 Å². The van der Waals surface area contributed by atoms with E-state index in [9.17, 15) is 4.79 Å². The summed E-state index contributed by atoms with van der Waals surface area (Å²) in [6.45, 7) is 5.29. The van der Waals surface area contributed by atoms with Gasteiger partial charge in [0, 0.05) is 43.8 Å². The van der Waals surface area contributed by atoms with Crippen LogP contribution in [0.5, 0.6) is 11.5 Å². The van der Waals surface area contributed by atoms with Gasteiger partial charge in [0.05, 0.1) is 32.3 Å². The van der Waals surface area contributed by atoms with Gasteiger partial charge in [0.15, 0.2) is 11.5 Å². The number of ether oxygens (including phenoxy) is 2. The Balaban J connectivity index is 0.00000171. The minimum Gasteiger partial charge on any atom is -0.493 e. The summed E-state index contributed by atoms with van der Waals surface area (Å²) in [6, 6.07) is 14.0. The maximum Gasteiger partial charge on any atom is 0.274 e.